The summed E-state index contributed by atoms with van der Waals surface area (Å²) in [4.78, 5) is 40.4. The minimum absolute atomic E-state index is 0.0720. The number of nitrogens with one attached hydrogen (secondary N) is 2. The van der Waals surface area contributed by atoms with Gasteiger partial charge < -0.3 is 19.5 Å². The lowest BCUT2D eigenvalue weighted by atomic mass is 10.2. The molecule has 0 fully saturated rings. The minimum Gasteiger partial charge on any atom is -0.466 e. The van der Waals surface area contributed by atoms with Crippen LogP contribution in [0.2, 0.25) is 0 Å². The van der Waals surface area contributed by atoms with Crippen LogP contribution in [-0.4, -0.2) is 43.5 Å². The number of carbonyl (C=O) groups is 3. The number of aromatic nitrogens is 3. The van der Waals surface area contributed by atoms with Gasteiger partial charge in [-0.2, -0.15) is 5.10 Å². The number of amides is 2. The fourth-order valence-electron chi connectivity index (χ4n) is 2.95. The number of benzene rings is 1. The molecule has 0 aliphatic carbocycles. The molecule has 0 saturated heterocycles. The zero-order valence-electron chi connectivity index (χ0n) is 17.3. The Hall–Kier alpha value is -3.68. The van der Waals surface area contributed by atoms with Crippen LogP contribution < -0.4 is 15.4 Å². The van der Waals surface area contributed by atoms with Crippen molar-refractivity contribution < 1.29 is 28.6 Å². The van der Waals surface area contributed by atoms with E-state index in [-0.39, 0.29) is 25.0 Å². The molecule has 0 unspecified atom stereocenters. The highest BCUT2D eigenvalue weighted by Gasteiger charge is 2.24. The molecule has 0 saturated carbocycles. The summed E-state index contributed by atoms with van der Waals surface area (Å²) >= 11 is 1.68. The molecule has 2 amide bonds. The van der Waals surface area contributed by atoms with Crippen molar-refractivity contribution in [2.45, 2.75) is 10.7 Å². The monoisotopic (exact) mass is 563 g/mol. The summed E-state index contributed by atoms with van der Waals surface area (Å²) in [5.41, 5.74) is 2.23. The van der Waals surface area contributed by atoms with Gasteiger partial charge in [0.15, 0.2) is 6.61 Å². The van der Waals surface area contributed by atoms with E-state index in [1.165, 1.54) is 10.9 Å². The molecule has 11 nitrogen and oxygen atoms in total. The van der Waals surface area contributed by atoms with E-state index in [4.69, 9.17) is 14.2 Å². The predicted molar refractivity (Wildman–Crippen MR) is 125 cm³/mol. The Balaban J connectivity index is 1.40. The van der Waals surface area contributed by atoms with Crippen LogP contribution in [0.5, 0.6) is 5.88 Å². The van der Waals surface area contributed by atoms with Gasteiger partial charge in [0.1, 0.15) is 18.1 Å². The van der Waals surface area contributed by atoms with Crippen molar-refractivity contribution >= 4 is 52.1 Å². The maximum atomic E-state index is 12.4. The lowest BCUT2D eigenvalue weighted by molar-refractivity contribution is -0.149. The quantitative estimate of drug-likeness (QED) is 0.266. The first kappa shape index (κ1) is 22.5. The molecule has 1 aromatic carbocycles. The molecule has 0 bridgehead atoms. The van der Waals surface area contributed by atoms with Gasteiger partial charge in [-0.1, -0.05) is 30.3 Å². The first-order valence-corrected chi connectivity index (χ1v) is 10.9. The molecule has 2 aromatic heterocycles. The van der Waals surface area contributed by atoms with Crippen LogP contribution in [0.15, 0.2) is 48.7 Å². The summed E-state index contributed by atoms with van der Waals surface area (Å²) in [7, 11) is 1.63. The predicted octanol–water partition coefficient (Wildman–Crippen LogP) is 2.87. The molecule has 1 aliphatic rings. The number of ether oxygens (including phenoxy) is 3. The molecule has 33 heavy (non-hydrogen) atoms. The van der Waals surface area contributed by atoms with Gasteiger partial charge in [-0.05, 0) is 40.3 Å². The average molecular weight is 563 g/mol. The number of pyridine rings is 1. The average Bonchev–Trinajstić information content (AvgIpc) is 3.17. The topological polar surface area (TPSA) is 134 Å². The smallest absolute Gasteiger partial charge is 0.414 e. The van der Waals surface area contributed by atoms with Gasteiger partial charge in [-0.3, -0.25) is 14.8 Å². The summed E-state index contributed by atoms with van der Waals surface area (Å²) in [6, 6.07) is 12.5. The van der Waals surface area contributed by atoms with Crippen molar-refractivity contribution in [3.63, 3.8) is 0 Å². The molecule has 0 radical (unpaired) electrons. The van der Waals surface area contributed by atoms with Crippen molar-refractivity contribution in [2.75, 3.05) is 17.2 Å². The van der Waals surface area contributed by atoms with Crippen LogP contribution in [0.3, 0.4) is 0 Å². The lowest BCUT2D eigenvalue weighted by Gasteiger charge is -2.17. The Morgan fingerprint density at radius 3 is 2.85 bits per heavy atom. The van der Waals surface area contributed by atoms with Crippen molar-refractivity contribution in [2.24, 2.45) is 7.05 Å². The highest BCUT2D eigenvalue weighted by atomic mass is 127. The third-order valence-corrected chi connectivity index (χ3v) is 5.29. The standard InChI is InChI=1S/C21H18IN5O6/c1-27-18(13(9-23-27)14-7-8-15-19(25-14)31-11-16(28)24-15)26-21(30)33-17(22)20(29)32-10-12-5-3-2-4-6-12/h2-9,17H,10-11H2,1H3,(H,24,28)(H,26,30)/t17-/m0/s1. The minimum atomic E-state index is -1.15. The number of alkyl halides is 1. The Morgan fingerprint density at radius 2 is 2.06 bits per heavy atom. The van der Waals surface area contributed by atoms with Crippen LogP contribution >= 0.6 is 22.6 Å². The number of esters is 1. The van der Waals surface area contributed by atoms with Crippen LogP contribution in [0, 0.1) is 0 Å². The van der Waals surface area contributed by atoms with Crippen molar-refractivity contribution in [3.8, 4) is 17.1 Å². The summed E-state index contributed by atoms with van der Waals surface area (Å²) < 4.78 is 16.0. The number of carbonyl (C=O) groups excluding carboxylic acids is 3. The van der Waals surface area contributed by atoms with Crippen molar-refractivity contribution in [3.05, 3.63) is 54.2 Å². The molecular formula is C21H18IN5O6. The number of halogens is 1. The first-order chi connectivity index (χ1) is 15.9. The van der Waals surface area contributed by atoms with Crippen LogP contribution in [-0.2, 0) is 32.7 Å². The summed E-state index contributed by atoms with van der Waals surface area (Å²) in [6.45, 7) is -0.0616. The zero-order valence-corrected chi connectivity index (χ0v) is 19.4. The number of hydrogen-bond acceptors (Lipinski definition) is 8. The molecule has 1 aliphatic heterocycles. The highest BCUT2D eigenvalue weighted by molar-refractivity contribution is 14.1. The Labute approximate surface area is 201 Å². The van der Waals surface area contributed by atoms with E-state index in [0.29, 0.717) is 22.8 Å². The third kappa shape index (κ3) is 5.39. The first-order valence-electron chi connectivity index (χ1n) is 9.69. The molecule has 2 N–H and O–H groups in total. The second-order valence-corrected chi connectivity index (χ2v) is 7.99. The molecule has 170 valence electrons. The number of hydrogen-bond donors (Lipinski definition) is 2. The molecule has 1 atom stereocenters. The van der Waals surface area contributed by atoms with Gasteiger partial charge in [-0.25, -0.2) is 14.6 Å². The molecule has 0 spiro atoms. The van der Waals surface area contributed by atoms with Crippen molar-refractivity contribution in [1.82, 2.24) is 14.8 Å². The number of nitrogens with zero attached hydrogens (tertiary/aromatic N) is 3. The van der Waals surface area contributed by atoms with Gasteiger partial charge in [0.05, 0.1) is 17.5 Å². The fourth-order valence-corrected chi connectivity index (χ4v) is 3.36. The fraction of sp³-hybridized carbons (Fsp3) is 0.190. The maximum Gasteiger partial charge on any atom is 0.414 e. The zero-order chi connectivity index (χ0) is 23.4. The van der Waals surface area contributed by atoms with Gasteiger partial charge in [0.25, 0.3) is 5.91 Å². The summed E-state index contributed by atoms with van der Waals surface area (Å²) in [5.74, 6) is -0.388. The van der Waals surface area contributed by atoms with E-state index >= 15 is 0 Å². The van der Waals surface area contributed by atoms with Crippen LogP contribution in [0.25, 0.3) is 11.3 Å². The second-order valence-electron chi connectivity index (χ2n) is 6.86. The summed E-state index contributed by atoms with van der Waals surface area (Å²) in [5, 5.41) is 9.39. The van der Waals surface area contributed by atoms with Gasteiger partial charge in [-0.15, -0.1) is 0 Å². The van der Waals surface area contributed by atoms with Gasteiger partial charge in [0, 0.05) is 7.05 Å². The maximum absolute atomic E-state index is 12.4. The van der Waals surface area contributed by atoms with E-state index in [0.717, 1.165) is 5.56 Å². The number of rotatable bonds is 6. The van der Waals surface area contributed by atoms with Gasteiger partial charge >= 0.3 is 12.1 Å². The van der Waals surface area contributed by atoms with Gasteiger partial charge in [0.2, 0.25) is 9.99 Å². The second kappa shape index (κ2) is 9.85. The van der Waals surface area contributed by atoms with Crippen molar-refractivity contribution in [1.29, 1.82) is 0 Å². The normalized spacial score (nSPS) is 13.2. The molecule has 3 aromatic rings. The van der Waals surface area contributed by atoms with Crippen LogP contribution in [0.4, 0.5) is 16.3 Å². The van der Waals surface area contributed by atoms with Crippen LogP contribution in [0.1, 0.15) is 5.56 Å². The van der Waals surface area contributed by atoms with E-state index in [1.54, 1.807) is 41.8 Å². The largest absolute Gasteiger partial charge is 0.466 e. The molecule has 4 rings (SSSR count). The molecule has 3 heterocycles. The number of fused-ring (bicyclic) bond motifs is 1. The molecular weight excluding hydrogens is 545 g/mol. The van der Waals surface area contributed by atoms with E-state index in [1.807, 2.05) is 30.3 Å². The third-order valence-electron chi connectivity index (χ3n) is 4.53. The van der Waals surface area contributed by atoms with E-state index in [9.17, 15) is 14.4 Å². The Kier molecular flexibility index (Phi) is 6.72. The number of anilines is 2. The molecule has 12 heteroatoms. The SMILES string of the molecule is Cn1ncc(-c2ccc3c(n2)OCC(=O)N3)c1NC(=O)O[C@H](I)C(=O)OCc1ccccc1. The lowest BCUT2D eigenvalue weighted by Crippen LogP contribution is -2.27. The van der Waals surface area contributed by atoms with E-state index in [2.05, 4.69) is 20.7 Å². The summed E-state index contributed by atoms with van der Waals surface area (Å²) in [6.07, 6.45) is 0.652. The Bertz CT molecular complexity index is 1200. The highest BCUT2D eigenvalue weighted by Crippen LogP contribution is 2.32. The Morgan fingerprint density at radius 1 is 1.27 bits per heavy atom. The number of aryl methyl sites for hydroxylation is 1. The van der Waals surface area contributed by atoms with E-state index < -0.39 is 16.2 Å².